The highest BCUT2D eigenvalue weighted by Gasteiger charge is 2.05. The molecule has 0 aliphatic carbocycles. The molecule has 116 valence electrons. The standard InChI is InChI=1S/C14H21N3O3S/c1-12(16-9-3-10-17-21(2,18)19)13-4-6-14(7-5-13)20-11-8-15/h4-7,12,16-17H,3,9-11H2,1-2H3. The summed E-state index contributed by atoms with van der Waals surface area (Å²) in [4.78, 5) is 0. The van der Waals surface area contributed by atoms with Crippen molar-refractivity contribution in [2.24, 2.45) is 0 Å². The lowest BCUT2D eigenvalue weighted by Gasteiger charge is -2.14. The van der Waals surface area contributed by atoms with Gasteiger partial charge in [-0.15, -0.1) is 0 Å². The quantitative estimate of drug-likeness (QED) is 0.668. The first-order valence-corrected chi connectivity index (χ1v) is 8.59. The van der Waals surface area contributed by atoms with Gasteiger partial charge in [-0.3, -0.25) is 0 Å². The monoisotopic (exact) mass is 311 g/mol. The van der Waals surface area contributed by atoms with Crippen LogP contribution in [0, 0.1) is 11.3 Å². The van der Waals surface area contributed by atoms with E-state index in [1.807, 2.05) is 37.3 Å². The SMILES string of the molecule is CC(NCCCNS(C)(=O)=O)c1ccc(OCC#N)cc1. The normalized spacial score (nSPS) is 12.6. The van der Waals surface area contributed by atoms with E-state index in [0.29, 0.717) is 12.3 Å². The molecular weight excluding hydrogens is 290 g/mol. The highest BCUT2D eigenvalue weighted by atomic mass is 32.2. The third kappa shape index (κ3) is 7.66. The lowest BCUT2D eigenvalue weighted by Crippen LogP contribution is -2.27. The molecule has 1 unspecified atom stereocenters. The second kappa shape index (κ2) is 8.62. The van der Waals surface area contributed by atoms with Crippen LogP contribution in [0.3, 0.4) is 0 Å². The molecule has 0 radical (unpaired) electrons. The van der Waals surface area contributed by atoms with Gasteiger partial charge in [0.15, 0.2) is 6.61 Å². The summed E-state index contributed by atoms with van der Waals surface area (Å²) in [5, 5.41) is 11.8. The average molecular weight is 311 g/mol. The molecule has 2 N–H and O–H groups in total. The van der Waals surface area contributed by atoms with Crippen LogP contribution in [-0.2, 0) is 10.0 Å². The van der Waals surface area contributed by atoms with Crippen molar-refractivity contribution in [1.82, 2.24) is 10.0 Å². The lowest BCUT2D eigenvalue weighted by atomic mass is 10.1. The zero-order chi connectivity index (χ0) is 15.7. The smallest absolute Gasteiger partial charge is 0.208 e. The summed E-state index contributed by atoms with van der Waals surface area (Å²) in [6.45, 7) is 3.23. The second-order valence-electron chi connectivity index (χ2n) is 4.71. The molecule has 1 rings (SSSR count). The van der Waals surface area contributed by atoms with Crippen molar-refractivity contribution in [3.05, 3.63) is 29.8 Å². The third-order valence-electron chi connectivity index (χ3n) is 2.85. The molecule has 6 nitrogen and oxygen atoms in total. The summed E-state index contributed by atoms with van der Waals surface area (Å²) in [5.74, 6) is 0.671. The molecule has 0 aliphatic heterocycles. The summed E-state index contributed by atoms with van der Waals surface area (Å²) >= 11 is 0. The Morgan fingerprint density at radius 3 is 2.52 bits per heavy atom. The van der Waals surface area contributed by atoms with E-state index in [4.69, 9.17) is 10.00 Å². The zero-order valence-electron chi connectivity index (χ0n) is 12.3. The number of nitrogens with one attached hydrogen (secondary N) is 2. The van der Waals surface area contributed by atoms with Crippen molar-refractivity contribution in [2.45, 2.75) is 19.4 Å². The molecule has 0 aliphatic rings. The number of ether oxygens (including phenoxy) is 1. The van der Waals surface area contributed by atoms with Crippen LogP contribution in [0.5, 0.6) is 5.75 Å². The predicted octanol–water partition coefficient (Wildman–Crippen LogP) is 1.18. The number of sulfonamides is 1. The van der Waals surface area contributed by atoms with Crippen LogP contribution >= 0.6 is 0 Å². The number of nitrogens with zero attached hydrogens (tertiary/aromatic N) is 1. The van der Waals surface area contributed by atoms with Gasteiger partial charge in [-0.2, -0.15) is 5.26 Å². The Balaban J connectivity index is 2.32. The van der Waals surface area contributed by atoms with E-state index in [9.17, 15) is 8.42 Å². The highest BCUT2D eigenvalue weighted by molar-refractivity contribution is 7.88. The molecule has 0 fully saturated rings. The minimum Gasteiger partial charge on any atom is -0.479 e. The molecule has 1 aromatic rings. The minimum absolute atomic E-state index is 0.0421. The zero-order valence-corrected chi connectivity index (χ0v) is 13.1. The van der Waals surface area contributed by atoms with E-state index in [1.54, 1.807) is 0 Å². The maximum atomic E-state index is 10.9. The molecule has 0 amide bonds. The van der Waals surface area contributed by atoms with Crippen molar-refractivity contribution < 1.29 is 13.2 Å². The van der Waals surface area contributed by atoms with Gasteiger partial charge in [-0.25, -0.2) is 13.1 Å². The first-order valence-electron chi connectivity index (χ1n) is 6.70. The van der Waals surface area contributed by atoms with Crippen LogP contribution in [0.1, 0.15) is 24.9 Å². The summed E-state index contributed by atoms with van der Waals surface area (Å²) in [6, 6.07) is 9.63. The van der Waals surface area contributed by atoms with Crippen molar-refractivity contribution >= 4 is 10.0 Å². The van der Waals surface area contributed by atoms with E-state index in [-0.39, 0.29) is 12.6 Å². The molecule has 7 heteroatoms. The van der Waals surface area contributed by atoms with Crippen LogP contribution in [0.2, 0.25) is 0 Å². The Morgan fingerprint density at radius 2 is 1.95 bits per heavy atom. The molecule has 0 aromatic heterocycles. The minimum atomic E-state index is -3.10. The molecule has 0 spiro atoms. The maximum Gasteiger partial charge on any atom is 0.208 e. The van der Waals surface area contributed by atoms with Gasteiger partial charge in [0.05, 0.1) is 6.26 Å². The van der Waals surface area contributed by atoms with E-state index in [2.05, 4.69) is 10.0 Å². The van der Waals surface area contributed by atoms with Crippen molar-refractivity contribution in [3.63, 3.8) is 0 Å². The van der Waals surface area contributed by atoms with Gasteiger partial charge >= 0.3 is 0 Å². The van der Waals surface area contributed by atoms with Crippen LogP contribution in [0.4, 0.5) is 0 Å². The Hall–Kier alpha value is -1.62. The molecule has 0 heterocycles. The van der Waals surface area contributed by atoms with Gasteiger partial charge in [0.2, 0.25) is 10.0 Å². The van der Waals surface area contributed by atoms with E-state index < -0.39 is 10.0 Å². The number of hydrogen-bond acceptors (Lipinski definition) is 5. The summed E-state index contributed by atoms with van der Waals surface area (Å²) in [7, 11) is -3.10. The van der Waals surface area contributed by atoms with Gasteiger partial charge in [-0.1, -0.05) is 12.1 Å². The fourth-order valence-corrected chi connectivity index (χ4v) is 2.27. The Kier molecular flexibility index (Phi) is 7.15. The van der Waals surface area contributed by atoms with Crippen LogP contribution in [-0.4, -0.2) is 34.4 Å². The Bertz CT molecular complexity index is 564. The second-order valence-corrected chi connectivity index (χ2v) is 6.54. The lowest BCUT2D eigenvalue weighted by molar-refractivity contribution is 0.368. The van der Waals surface area contributed by atoms with E-state index in [0.717, 1.165) is 24.8 Å². The van der Waals surface area contributed by atoms with Crippen molar-refractivity contribution in [3.8, 4) is 11.8 Å². The average Bonchev–Trinajstić information content (AvgIpc) is 2.44. The Labute approximate surface area is 126 Å². The first-order chi connectivity index (χ1) is 9.92. The van der Waals surface area contributed by atoms with Crippen molar-refractivity contribution in [2.75, 3.05) is 26.0 Å². The first kappa shape index (κ1) is 17.4. The molecule has 1 atom stereocenters. The van der Waals surface area contributed by atoms with E-state index in [1.165, 1.54) is 0 Å². The predicted molar refractivity (Wildman–Crippen MR) is 81.4 cm³/mol. The fourth-order valence-electron chi connectivity index (χ4n) is 1.75. The number of hydrogen-bond donors (Lipinski definition) is 2. The van der Waals surface area contributed by atoms with Gasteiger partial charge in [0.1, 0.15) is 11.8 Å². The van der Waals surface area contributed by atoms with Gasteiger partial charge < -0.3 is 10.1 Å². The van der Waals surface area contributed by atoms with E-state index >= 15 is 0 Å². The maximum absolute atomic E-state index is 10.9. The number of rotatable bonds is 9. The fraction of sp³-hybridized carbons (Fsp3) is 0.500. The molecule has 0 saturated heterocycles. The van der Waals surface area contributed by atoms with Crippen LogP contribution < -0.4 is 14.8 Å². The topological polar surface area (TPSA) is 91.2 Å². The van der Waals surface area contributed by atoms with Gasteiger partial charge in [-0.05, 0) is 37.6 Å². The van der Waals surface area contributed by atoms with Crippen LogP contribution in [0.25, 0.3) is 0 Å². The van der Waals surface area contributed by atoms with Crippen LogP contribution in [0.15, 0.2) is 24.3 Å². The number of benzene rings is 1. The van der Waals surface area contributed by atoms with Gasteiger partial charge in [0, 0.05) is 12.6 Å². The molecule has 21 heavy (non-hydrogen) atoms. The van der Waals surface area contributed by atoms with Gasteiger partial charge in [0.25, 0.3) is 0 Å². The molecule has 0 bridgehead atoms. The molecule has 0 saturated carbocycles. The number of nitriles is 1. The summed E-state index contributed by atoms with van der Waals surface area (Å²) in [6.07, 6.45) is 1.87. The Morgan fingerprint density at radius 1 is 1.29 bits per heavy atom. The summed E-state index contributed by atoms with van der Waals surface area (Å²) in [5.41, 5.74) is 1.11. The highest BCUT2D eigenvalue weighted by Crippen LogP contribution is 2.17. The summed E-state index contributed by atoms with van der Waals surface area (Å²) < 4.78 is 29.4. The largest absolute Gasteiger partial charge is 0.479 e. The molecule has 1 aromatic carbocycles. The third-order valence-corrected chi connectivity index (χ3v) is 3.58. The molecular formula is C14H21N3O3S. The van der Waals surface area contributed by atoms with Crippen molar-refractivity contribution in [1.29, 1.82) is 5.26 Å².